The molecule has 0 bridgehead atoms. The molecule has 0 saturated heterocycles. The fraction of sp³-hybridized carbons (Fsp3) is 0.296. The van der Waals surface area contributed by atoms with Crippen molar-refractivity contribution in [2.75, 3.05) is 31.8 Å². The summed E-state index contributed by atoms with van der Waals surface area (Å²) in [5.41, 5.74) is 4.53. The van der Waals surface area contributed by atoms with Crippen LogP contribution in [0.4, 0.5) is 18.9 Å². The minimum atomic E-state index is -4.38. The molecule has 0 aliphatic carbocycles. The molecule has 35 heavy (non-hydrogen) atoms. The van der Waals surface area contributed by atoms with Gasteiger partial charge in [-0.15, -0.1) is 0 Å². The van der Waals surface area contributed by atoms with E-state index in [9.17, 15) is 23.1 Å². The molecule has 0 aliphatic heterocycles. The van der Waals surface area contributed by atoms with E-state index in [1.54, 1.807) is 13.2 Å². The Morgan fingerprint density at radius 1 is 1.03 bits per heavy atom. The second-order valence-corrected chi connectivity index (χ2v) is 8.20. The molecule has 0 aromatic heterocycles. The van der Waals surface area contributed by atoms with Crippen molar-refractivity contribution in [3.05, 3.63) is 82.9 Å². The van der Waals surface area contributed by atoms with Gasteiger partial charge in [0.1, 0.15) is 12.4 Å². The third-order valence-corrected chi connectivity index (χ3v) is 5.69. The van der Waals surface area contributed by atoms with E-state index in [2.05, 4.69) is 4.90 Å². The molecule has 3 aromatic carbocycles. The predicted molar refractivity (Wildman–Crippen MR) is 126 cm³/mol. The van der Waals surface area contributed by atoms with Crippen LogP contribution in [0.25, 0.3) is 11.1 Å². The first kappa shape index (κ1) is 26.1. The summed E-state index contributed by atoms with van der Waals surface area (Å²) < 4.78 is 49.5. The number of benzene rings is 3. The molecule has 0 N–H and O–H groups in total. The number of carboxylic acids is 1. The molecule has 0 fully saturated rings. The van der Waals surface area contributed by atoms with Gasteiger partial charge in [0, 0.05) is 25.9 Å². The number of aliphatic carboxylic acids is 1. The second kappa shape index (κ2) is 11.3. The number of methoxy groups -OCH3 is 1. The van der Waals surface area contributed by atoms with Gasteiger partial charge < -0.3 is 24.3 Å². The summed E-state index contributed by atoms with van der Waals surface area (Å²) in [6.07, 6.45) is -4.38. The van der Waals surface area contributed by atoms with Gasteiger partial charge in [0.15, 0.2) is 0 Å². The summed E-state index contributed by atoms with van der Waals surface area (Å²) >= 11 is 0. The van der Waals surface area contributed by atoms with Crippen LogP contribution in [-0.4, -0.2) is 32.8 Å². The number of carbonyl (C=O) groups excluding carboxylic acids is 1. The van der Waals surface area contributed by atoms with Gasteiger partial charge in [0.25, 0.3) is 0 Å². The molecule has 0 aliphatic rings. The molecule has 3 rings (SSSR count). The molecule has 0 saturated carbocycles. The topological polar surface area (TPSA) is 61.8 Å². The molecule has 5 nitrogen and oxygen atoms in total. The lowest BCUT2D eigenvalue weighted by Crippen LogP contribution is -2.29. The van der Waals surface area contributed by atoms with Crippen LogP contribution in [0.2, 0.25) is 0 Å². The standard InChI is InChI=1S/C27H28F3NO4/c1-18-15-20(7-12-25(18)35-17-26(32)33)16-31(13-14-34-3)24-6-4-5-23(19(24)2)21-8-10-22(11-9-21)27(28,29)30/h4-12,15H,13-14,16-17H2,1-3H3,(H,32,33)/p-1. The Kier molecular flexibility index (Phi) is 8.40. The molecule has 0 atom stereocenters. The maximum Gasteiger partial charge on any atom is 0.416 e. The van der Waals surface area contributed by atoms with Crippen molar-refractivity contribution in [2.24, 2.45) is 0 Å². The first-order valence-corrected chi connectivity index (χ1v) is 11.0. The zero-order valence-electron chi connectivity index (χ0n) is 19.8. The predicted octanol–water partition coefficient (Wildman–Crippen LogP) is 4.77. The molecule has 0 spiro atoms. The quantitative estimate of drug-likeness (QED) is 0.413. The Morgan fingerprint density at radius 2 is 1.74 bits per heavy atom. The Morgan fingerprint density at radius 3 is 2.34 bits per heavy atom. The average molecular weight is 487 g/mol. The number of hydrogen-bond donors (Lipinski definition) is 0. The molecule has 186 valence electrons. The number of hydrogen-bond acceptors (Lipinski definition) is 5. The number of halogens is 3. The Hall–Kier alpha value is -3.52. The minimum absolute atomic E-state index is 0.474. The number of anilines is 1. The molecule has 3 aromatic rings. The number of carboxylic acid groups (broad SMARTS) is 1. The molecule has 0 heterocycles. The van der Waals surface area contributed by atoms with Gasteiger partial charge in [-0.25, -0.2) is 0 Å². The van der Waals surface area contributed by atoms with E-state index in [1.807, 2.05) is 44.2 Å². The summed E-state index contributed by atoms with van der Waals surface area (Å²) in [5.74, 6) is -0.815. The maximum absolute atomic E-state index is 13.0. The van der Waals surface area contributed by atoms with Gasteiger partial charge in [-0.3, -0.25) is 0 Å². The average Bonchev–Trinajstić information content (AvgIpc) is 2.81. The van der Waals surface area contributed by atoms with Crippen LogP contribution in [0.3, 0.4) is 0 Å². The van der Waals surface area contributed by atoms with E-state index in [-0.39, 0.29) is 0 Å². The highest BCUT2D eigenvalue weighted by Crippen LogP contribution is 2.34. The van der Waals surface area contributed by atoms with Gasteiger partial charge in [-0.05, 0) is 65.9 Å². The monoisotopic (exact) mass is 486 g/mol. The van der Waals surface area contributed by atoms with Crippen LogP contribution in [0.1, 0.15) is 22.3 Å². The molecular weight excluding hydrogens is 459 g/mol. The van der Waals surface area contributed by atoms with Crippen LogP contribution in [-0.2, 0) is 22.3 Å². The number of nitrogens with zero attached hydrogens (tertiary/aromatic N) is 1. The highest BCUT2D eigenvalue weighted by molar-refractivity contribution is 5.74. The fourth-order valence-corrected chi connectivity index (χ4v) is 3.93. The molecule has 0 amide bonds. The number of carbonyl (C=O) groups is 1. The zero-order chi connectivity index (χ0) is 25.6. The van der Waals surface area contributed by atoms with Crippen LogP contribution in [0.5, 0.6) is 5.75 Å². The second-order valence-electron chi connectivity index (χ2n) is 8.20. The number of rotatable bonds is 10. The smallest absolute Gasteiger partial charge is 0.416 e. The summed E-state index contributed by atoms with van der Waals surface area (Å²) in [4.78, 5) is 12.8. The summed E-state index contributed by atoms with van der Waals surface area (Å²) in [5, 5.41) is 10.7. The minimum Gasteiger partial charge on any atom is -0.546 e. The van der Waals surface area contributed by atoms with Crippen molar-refractivity contribution in [1.29, 1.82) is 0 Å². The van der Waals surface area contributed by atoms with Gasteiger partial charge in [0.05, 0.1) is 18.1 Å². The number of alkyl halides is 3. The zero-order valence-corrected chi connectivity index (χ0v) is 19.8. The maximum atomic E-state index is 13.0. The van der Waals surface area contributed by atoms with Crippen LogP contribution >= 0.6 is 0 Å². The molecular formula is C27H27F3NO4-. The van der Waals surface area contributed by atoms with Gasteiger partial charge in [-0.2, -0.15) is 13.2 Å². The SMILES string of the molecule is COCCN(Cc1ccc(OCC(=O)[O-])c(C)c1)c1cccc(-c2ccc(C(F)(F)F)cc2)c1C. The lowest BCUT2D eigenvalue weighted by atomic mass is 9.97. The third-order valence-electron chi connectivity index (χ3n) is 5.69. The number of ether oxygens (including phenoxy) is 2. The van der Waals surface area contributed by atoms with Crippen LogP contribution in [0.15, 0.2) is 60.7 Å². The third kappa shape index (κ3) is 6.76. The van der Waals surface area contributed by atoms with E-state index in [0.717, 1.165) is 40.1 Å². The van der Waals surface area contributed by atoms with E-state index < -0.39 is 24.3 Å². The highest BCUT2D eigenvalue weighted by atomic mass is 19.4. The molecule has 8 heteroatoms. The van der Waals surface area contributed by atoms with Crippen LogP contribution < -0.4 is 14.7 Å². The first-order valence-electron chi connectivity index (χ1n) is 11.0. The Bertz CT molecular complexity index is 1160. The van der Waals surface area contributed by atoms with Crippen molar-refractivity contribution >= 4 is 11.7 Å². The van der Waals surface area contributed by atoms with E-state index >= 15 is 0 Å². The van der Waals surface area contributed by atoms with Crippen molar-refractivity contribution in [3.63, 3.8) is 0 Å². The lowest BCUT2D eigenvalue weighted by molar-refractivity contribution is -0.307. The van der Waals surface area contributed by atoms with Crippen molar-refractivity contribution in [1.82, 2.24) is 0 Å². The van der Waals surface area contributed by atoms with Crippen molar-refractivity contribution in [2.45, 2.75) is 26.6 Å². The first-order chi connectivity index (χ1) is 16.6. The fourth-order valence-electron chi connectivity index (χ4n) is 3.93. The highest BCUT2D eigenvalue weighted by Gasteiger charge is 2.30. The lowest BCUT2D eigenvalue weighted by Gasteiger charge is -2.28. The van der Waals surface area contributed by atoms with Gasteiger partial charge in [0.2, 0.25) is 0 Å². The van der Waals surface area contributed by atoms with Gasteiger partial charge >= 0.3 is 6.18 Å². The summed E-state index contributed by atoms with van der Waals surface area (Å²) in [7, 11) is 1.62. The van der Waals surface area contributed by atoms with Crippen molar-refractivity contribution in [3.8, 4) is 16.9 Å². The summed E-state index contributed by atoms with van der Waals surface area (Å²) in [6.45, 7) is 4.89. The molecule has 0 unspecified atom stereocenters. The largest absolute Gasteiger partial charge is 0.546 e. The van der Waals surface area contributed by atoms with E-state index in [0.29, 0.717) is 31.0 Å². The Labute approximate surface area is 202 Å². The van der Waals surface area contributed by atoms with E-state index in [1.165, 1.54) is 12.1 Å². The summed E-state index contributed by atoms with van der Waals surface area (Å²) in [6, 6.07) is 16.4. The Balaban J connectivity index is 1.89. The van der Waals surface area contributed by atoms with Crippen LogP contribution in [0, 0.1) is 13.8 Å². The van der Waals surface area contributed by atoms with E-state index in [4.69, 9.17) is 9.47 Å². The number of aryl methyl sites for hydroxylation is 1. The van der Waals surface area contributed by atoms with Gasteiger partial charge in [-0.1, -0.05) is 36.4 Å². The normalized spacial score (nSPS) is 11.4. The van der Waals surface area contributed by atoms with Crippen molar-refractivity contribution < 1.29 is 32.5 Å². The molecule has 0 radical (unpaired) electrons.